The van der Waals surface area contributed by atoms with Crippen molar-refractivity contribution in [1.29, 1.82) is 0 Å². The monoisotopic (exact) mass is 300 g/mol. The Labute approximate surface area is 126 Å². The predicted molar refractivity (Wildman–Crippen MR) is 83.9 cm³/mol. The Bertz CT molecular complexity index is 296. The fourth-order valence-corrected chi connectivity index (χ4v) is 4.30. The number of amides is 1. The minimum absolute atomic E-state index is 0.163. The van der Waals surface area contributed by atoms with Gasteiger partial charge in [-0.3, -0.25) is 4.79 Å². The van der Waals surface area contributed by atoms with E-state index in [4.69, 9.17) is 0 Å². The van der Waals surface area contributed by atoms with Crippen LogP contribution >= 0.6 is 11.8 Å². The van der Waals surface area contributed by atoms with Gasteiger partial charge >= 0.3 is 0 Å². The molecule has 20 heavy (non-hydrogen) atoms. The van der Waals surface area contributed by atoms with Gasteiger partial charge in [-0.1, -0.05) is 12.8 Å². The zero-order valence-corrected chi connectivity index (χ0v) is 13.1. The van der Waals surface area contributed by atoms with E-state index in [1.54, 1.807) is 11.8 Å². The van der Waals surface area contributed by atoms with Crippen molar-refractivity contribution < 1.29 is 9.90 Å². The number of piperidine rings is 1. The summed E-state index contributed by atoms with van der Waals surface area (Å²) in [5, 5.41) is 16.4. The predicted octanol–water partition coefficient (Wildman–Crippen LogP) is 1.39. The molecule has 116 valence electrons. The highest BCUT2D eigenvalue weighted by atomic mass is 32.2. The maximum absolute atomic E-state index is 11.9. The SMILES string of the molecule is O=C(CSC1CCNCC1)NCC1CCCCC1CO. The maximum Gasteiger partial charge on any atom is 0.230 e. The Kier molecular flexibility index (Phi) is 7.17. The number of nitrogens with one attached hydrogen (secondary N) is 2. The molecule has 4 nitrogen and oxygen atoms in total. The summed E-state index contributed by atoms with van der Waals surface area (Å²) in [7, 11) is 0. The zero-order valence-electron chi connectivity index (χ0n) is 12.3. The molecular weight excluding hydrogens is 272 g/mol. The van der Waals surface area contributed by atoms with E-state index in [1.807, 2.05) is 0 Å². The molecular formula is C15H28N2O2S. The molecule has 0 aromatic rings. The van der Waals surface area contributed by atoms with Crippen LogP contribution in [-0.4, -0.2) is 48.3 Å². The minimum atomic E-state index is 0.163. The highest BCUT2D eigenvalue weighted by Gasteiger charge is 2.24. The van der Waals surface area contributed by atoms with Gasteiger partial charge in [0.05, 0.1) is 5.75 Å². The van der Waals surface area contributed by atoms with Crippen LogP contribution in [0, 0.1) is 11.8 Å². The lowest BCUT2D eigenvalue weighted by atomic mass is 9.79. The first-order valence-corrected chi connectivity index (χ1v) is 9.04. The molecule has 1 saturated carbocycles. The van der Waals surface area contributed by atoms with E-state index in [0.29, 0.717) is 22.8 Å². The van der Waals surface area contributed by atoms with E-state index in [9.17, 15) is 9.90 Å². The number of hydrogen-bond donors (Lipinski definition) is 3. The summed E-state index contributed by atoms with van der Waals surface area (Å²) in [6.45, 7) is 3.18. The highest BCUT2D eigenvalue weighted by Crippen LogP contribution is 2.29. The standard InChI is InChI=1S/C15H28N2O2S/c18-10-13-4-2-1-3-12(13)9-17-15(19)11-20-14-5-7-16-8-6-14/h12-14,16,18H,1-11H2,(H,17,19). The molecule has 1 heterocycles. The molecule has 3 N–H and O–H groups in total. The second-order valence-corrected chi connectivity index (χ2v) is 7.34. The van der Waals surface area contributed by atoms with Crippen molar-refractivity contribution in [3.8, 4) is 0 Å². The summed E-state index contributed by atoms with van der Waals surface area (Å²) in [5.74, 6) is 1.61. The Morgan fingerprint density at radius 2 is 1.85 bits per heavy atom. The van der Waals surface area contributed by atoms with Crippen LogP contribution in [0.1, 0.15) is 38.5 Å². The van der Waals surface area contributed by atoms with Gasteiger partial charge in [-0.05, 0) is 50.6 Å². The van der Waals surface area contributed by atoms with Crippen LogP contribution in [0.25, 0.3) is 0 Å². The molecule has 2 fully saturated rings. The number of aliphatic hydroxyl groups excluding tert-OH is 1. The molecule has 2 atom stereocenters. The molecule has 0 aromatic carbocycles. The average Bonchev–Trinajstić information content (AvgIpc) is 2.52. The third-order valence-corrected chi connectivity index (χ3v) is 5.97. The van der Waals surface area contributed by atoms with Gasteiger partial charge in [0, 0.05) is 18.4 Å². The molecule has 1 aliphatic heterocycles. The van der Waals surface area contributed by atoms with Gasteiger partial charge in [0.15, 0.2) is 0 Å². The summed E-state index contributed by atoms with van der Waals surface area (Å²) in [5.41, 5.74) is 0. The largest absolute Gasteiger partial charge is 0.396 e. The van der Waals surface area contributed by atoms with Crippen LogP contribution in [0.3, 0.4) is 0 Å². The van der Waals surface area contributed by atoms with Gasteiger partial charge in [-0.2, -0.15) is 0 Å². The molecule has 0 bridgehead atoms. The van der Waals surface area contributed by atoms with Crippen molar-refractivity contribution in [3.63, 3.8) is 0 Å². The normalized spacial score (nSPS) is 28.2. The lowest BCUT2D eigenvalue weighted by Crippen LogP contribution is -2.37. The molecule has 2 rings (SSSR count). The number of hydrogen-bond acceptors (Lipinski definition) is 4. The van der Waals surface area contributed by atoms with Crippen molar-refractivity contribution in [2.75, 3.05) is 32.0 Å². The van der Waals surface area contributed by atoms with Crippen molar-refractivity contribution >= 4 is 17.7 Å². The van der Waals surface area contributed by atoms with Crippen LogP contribution in [0.2, 0.25) is 0 Å². The number of carbonyl (C=O) groups excluding carboxylic acids is 1. The Morgan fingerprint density at radius 1 is 1.15 bits per heavy atom. The third-order valence-electron chi connectivity index (χ3n) is 4.60. The van der Waals surface area contributed by atoms with E-state index in [1.165, 1.54) is 25.7 Å². The lowest BCUT2D eigenvalue weighted by molar-refractivity contribution is -0.118. The number of carbonyl (C=O) groups is 1. The van der Waals surface area contributed by atoms with Crippen LogP contribution in [-0.2, 0) is 4.79 Å². The Hall–Kier alpha value is -0.260. The summed E-state index contributed by atoms with van der Waals surface area (Å²) in [6.07, 6.45) is 7.07. The third kappa shape index (κ3) is 5.26. The fourth-order valence-electron chi connectivity index (χ4n) is 3.25. The molecule has 1 aliphatic carbocycles. The van der Waals surface area contributed by atoms with Crippen LogP contribution in [0.5, 0.6) is 0 Å². The van der Waals surface area contributed by atoms with Gasteiger partial charge in [0.1, 0.15) is 0 Å². The smallest absolute Gasteiger partial charge is 0.230 e. The van der Waals surface area contributed by atoms with Gasteiger partial charge in [0.25, 0.3) is 0 Å². The quantitative estimate of drug-likeness (QED) is 0.694. The average molecular weight is 300 g/mol. The molecule has 0 aromatic heterocycles. The van der Waals surface area contributed by atoms with E-state index < -0.39 is 0 Å². The topological polar surface area (TPSA) is 61.4 Å². The molecule has 0 spiro atoms. The van der Waals surface area contributed by atoms with Crippen LogP contribution in [0.4, 0.5) is 0 Å². The summed E-state index contributed by atoms with van der Waals surface area (Å²) in [4.78, 5) is 11.9. The number of thioether (sulfide) groups is 1. The summed E-state index contributed by atoms with van der Waals surface area (Å²) >= 11 is 1.80. The van der Waals surface area contributed by atoms with Crippen LogP contribution < -0.4 is 10.6 Å². The Morgan fingerprint density at radius 3 is 2.55 bits per heavy atom. The molecule has 0 radical (unpaired) electrons. The molecule has 5 heteroatoms. The van der Waals surface area contributed by atoms with E-state index in [2.05, 4.69) is 10.6 Å². The van der Waals surface area contributed by atoms with E-state index in [0.717, 1.165) is 32.5 Å². The van der Waals surface area contributed by atoms with Crippen molar-refractivity contribution in [2.45, 2.75) is 43.8 Å². The molecule has 1 saturated heterocycles. The Balaban J connectivity index is 1.61. The molecule has 1 amide bonds. The first-order valence-electron chi connectivity index (χ1n) is 7.99. The zero-order chi connectivity index (χ0) is 14.2. The van der Waals surface area contributed by atoms with Crippen molar-refractivity contribution in [1.82, 2.24) is 10.6 Å². The fraction of sp³-hybridized carbons (Fsp3) is 0.933. The van der Waals surface area contributed by atoms with E-state index in [-0.39, 0.29) is 12.5 Å². The summed E-state index contributed by atoms with van der Waals surface area (Å²) in [6, 6.07) is 0. The van der Waals surface area contributed by atoms with Gasteiger partial charge in [-0.25, -0.2) is 0 Å². The second-order valence-electron chi connectivity index (χ2n) is 6.05. The number of aliphatic hydroxyl groups is 1. The lowest BCUT2D eigenvalue weighted by Gasteiger charge is -2.30. The second kappa shape index (κ2) is 8.90. The van der Waals surface area contributed by atoms with Crippen molar-refractivity contribution in [3.05, 3.63) is 0 Å². The van der Waals surface area contributed by atoms with Gasteiger partial charge in [-0.15, -0.1) is 11.8 Å². The first kappa shape index (κ1) is 16.1. The minimum Gasteiger partial charge on any atom is -0.396 e. The molecule has 2 unspecified atom stereocenters. The van der Waals surface area contributed by atoms with Gasteiger partial charge in [0.2, 0.25) is 5.91 Å². The van der Waals surface area contributed by atoms with Crippen molar-refractivity contribution in [2.24, 2.45) is 11.8 Å². The maximum atomic E-state index is 11.9. The molecule has 2 aliphatic rings. The highest BCUT2D eigenvalue weighted by molar-refractivity contribution is 8.00. The first-order chi connectivity index (χ1) is 9.79. The van der Waals surface area contributed by atoms with Crippen LogP contribution in [0.15, 0.2) is 0 Å². The van der Waals surface area contributed by atoms with Gasteiger partial charge < -0.3 is 15.7 Å². The van der Waals surface area contributed by atoms with E-state index >= 15 is 0 Å². The number of rotatable bonds is 6. The summed E-state index contributed by atoms with van der Waals surface area (Å²) < 4.78 is 0.